The average Bonchev–Trinajstić information content (AvgIpc) is 2.93. The second-order valence-electron chi connectivity index (χ2n) is 5.82. The van der Waals surface area contributed by atoms with Crippen molar-refractivity contribution in [2.45, 2.75) is 32.0 Å². The van der Waals surface area contributed by atoms with Crippen LogP contribution < -0.4 is 5.32 Å². The fourth-order valence-corrected chi connectivity index (χ4v) is 3.06. The van der Waals surface area contributed by atoms with Gasteiger partial charge in [0.15, 0.2) is 0 Å². The minimum Gasteiger partial charge on any atom is -0.337 e. The van der Waals surface area contributed by atoms with Crippen molar-refractivity contribution in [3.63, 3.8) is 0 Å². The van der Waals surface area contributed by atoms with Crippen molar-refractivity contribution in [3.05, 3.63) is 54.1 Å². The fraction of sp³-hybridized carbons (Fsp3) is 0.471. The Morgan fingerprint density at radius 1 is 1.29 bits per heavy atom. The average molecular weight is 284 g/mol. The summed E-state index contributed by atoms with van der Waals surface area (Å²) in [6.07, 6.45) is 5.07. The van der Waals surface area contributed by atoms with E-state index >= 15 is 0 Å². The second-order valence-corrected chi connectivity index (χ2v) is 5.82. The summed E-state index contributed by atoms with van der Waals surface area (Å²) in [7, 11) is 2.07. The van der Waals surface area contributed by atoms with E-state index < -0.39 is 0 Å². The van der Waals surface area contributed by atoms with Gasteiger partial charge in [0.25, 0.3) is 0 Å². The van der Waals surface area contributed by atoms with Gasteiger partial charge in [0.05, 0.1) is 6.54 Å². The molecular formula is C17H24N4. The van der Waals surface area contributed by atoms with E-state index in [1.165, 1.54) is 12.0 Å². The van der Waals surface area contributed by atoms with E-state index in [4.69, 9.17) is 0 Å². The van der Waals surface area contributed by atoms with Crippen molar-refractivity contribution < 1.29 is 0 Å². The summed E-state index contributed by atoms with van der Waals surface area (Å²) in [5.41, 5.74) is 1.38. The van der Waals surface area contributed by atoms with Crippen molar-refractivity contribution in [2.75, 3.05) is 13.1 Å². The Morgan fingerprint density at radius 3 is 2.76 bits per heavy atom. The van der Waals surface area contributed by atoms with Gasteiger partial charge in [0.2, 0.25) is 0 Å². The molecule has 0 bridgehead atoms. The van der Waals surface area contributed by atoms with Crippen LogP contribution in [0.3, 0.4) is 0 Å². The molecule has 1 aliphatic heterocycles. The quantitative estimate of drug-likeness (QED) is 0.935. The van der Waals surface area contributed by atoms with Crippen LogP contribution in [-0.4, -0.2) is 33.6 Å². The van der Waals surface area contributed by atoms with Crippen LogP contribution in [0.2, 0.25) is 0 Å². The molecule has 2 heterocycles. The fourth-order valence-electron chi connectivity index (χ4n) is 3.06. The summed E-state index contributed by atoms with van der Waals surface area (Å²) in [6, 6.07) is 11.8. The molecule has 2 atom stereocenters. The highest BCUT2D eigenvalue weighted by Crippen LogP contribution is 2.25. The van der Waals surface area contributed by atoms with E-state index in [9.17, 15) is 0 Å². The van der Waals surface area contributed by atoms with Crippen LogP contribution in [0.4, 0.5) is 0 Å². The van der Waals surface area contributed by atoms with E-state index in [0.717, 1.165) is 25.5 Å². The molecule has 0 saturated carbocycles. The molecule has 4 nitrogen and oxygen atoms in total. The van der Waals surface area contributed by atoms with Crippen LogP contribution in [0.1, 0.15) is 30.8 Å². The van der Waals surface area contributed by atoms with Crippen LogP contribution in [0.15, 0.2) is 42.7 Å². The van der Waals surface area contributed by atoms with Crippen LogP contribution in [0.5, 0.6) is 0 Å². The SMILES string of the molecule is CCC1CN(Cc2nccn2C)C(c2ccccc2)CN1. The number of benzene rings is 1. The number of aryl methyl sites for hydroxylation is 1. The molecule has 1 fully saturated rings. The van der Waals surface area contributed by atoms with Gasteiger partial charge in [-0.05, 0) is 12.0 Å². The molecule has 0 spiro atoms. The van der Waals surface area contributed by atoms with Crippen molar-refractivity contribution >= 4 is 0 Å². The van der Waals surface area contributed by atoms with Crippen molar-refractivity contribution in [3.8, 4) is 0 Å². The van der Waals surface area contributed by atoms with Gasteiger partial charge in [-0.3, -0.25) is 4.90 Å². The standard InChI is InChI=1S/C17H24N4/c1-3-15-12-21(13-17-18-9-10-20(17)2)16(11-19-15)14-7-5-4-6-8-14/h4-10,15-16,19H,3,11-13H2,1-2H3. The zero-order chi connectivity index (χ0) is 14.7. The number of hydrogen-bond acceptors (Lipinski definition) is 3. The zero-order valence-electron chi connectivity index (χ0n) is 12.9. The van der Waals surface area contributed by atoms with Gasteiger partial charge in [0, 0.05) is 44.6 Å². The van der Waals surface area contributed by atoms with E-state index in [2.05, 4.69) is 64.1 Å². The number of hydrogen-bond donors (Lipinski definition) is 1. The summed E-state index contributed by atoms with van der Waals surface area (Å²) in [5, 5.41) is 3.67. The number of nitrogens with one attached hydrogen (secondary N) is 1. The number of piperazine rings is 1. The second kappa shape index (κ2) is 6.41. The maximum atomic E-state index is 4.49. The Kier molecular flexibility index (Phi) is 4.36. The first-order chi connectivity index (χ1) is 10.3. The summed E-state index contributed by atoms with van der Waals surface area (Å²) in [5.74, 6) is 1.13. The van der Waals surface area contributed by atoms with E-state index in [0.29, 0.717) is 12.1 Å². The molecule has 0 amide bonds. The van der Waals surface area contributed by atoms with Gasteiger partial charge in [-0.1, -0.05) is 37.3 Å². The number of nitrogens with zero attached hydrogens (tertiary/aromatic N) is 3. The third kappa shape index (κ3) is 3.17. The Bertz CT molecular complexity index is 563. The molecule has 1 N–H and O–H groups in total. The van der Waals surface area contributed by atoms with Crippen LogP contribution in [0, 0.1) is 0 Å². The third-order valence-electron chi connectivity index (χ3n) is 4.44. The molecule has 0 aliphatic carbocycles. The highest BCUT2D eigenvalue weighted by molar-refractivity contribution is 5.20. The molecule has 1 saturated heterocycles. The zero-order valence-corrected chi connectivity index (χ0v) is 12.9. The van der Waals surface area contributed by atoms with Crippen LogP contribution >= 0.6 is 0 Å². The maximum absolute atomic E-state index is 4.49. The molecule has 112 valence electrons. The maximum Gasteiger partial charge on any atom is 0.122 e. The van der Waals surface area contributed by atoms with Crippen LogP contribution in [-0.2, 0) is 13.6 Å². The van der Waals surface area contributed by atoms with Gasteiger partial charge in [-0.2, -0.15) is 0 Å². The van der Waals surface area contributed by atoms with Gasteiger partial charge < -0.3 is 9.88 Å². The number of rotatable bonds is 4. The Balaban J connectivity index is 1.82. The van der Waals surface area contributed by atoms with Crippen molar-refractivity contribution in [1.82, 2.24) is 19.8 Å². The van der Waals surface area contributed by atoms with Crippen molar-refractivity contribution in [1.29, 1.82) is 0 Å². The minimum atomic E-state index is 0.422. The lowest BCUT2D eigenvalue weighted by Crippen LogP contribution is -2.51. The number of imidazole rings is 1. The first-order valence-corrected chi connectivity index (χ1v) is 7.76. The summed E-state index contributed by atoms with van der Waals surface area (Å²) >= 11 is 0. The normalized spacial score (nSPS) is 23.3. The van der Waals surface area contributed by atoms with Crippen LogP contribution in [0.25, 0.3) is 0 Å². The summed E-state index contributed by atoms with van der Waals surface area (Å²) in [4.78, 5) is 7.05. The largest absolute Gasteiger partial charge is 0.337 e. The van der Waals surface area contributed by atoms with Gasteiger partial charge in [0.1, 0.15) is 5.82 Å². The Labute approximate surface area is 126 Å². The molecule has 4 heteroatoms. The minimum absolute atomic E-state index is 0.422. The predicted molar refractivity (Wildman–Crippen MR) is 84.9 cm³/mol. The molecule has 0 radical (unpaired) electrons. The Morgan fingerprint density at radius 2 is 2.10 bits per heavy atom. The molecule has 1 aromatic heterocycles. The molecule has 1 aromatic carbocycles. The molecule has 1 aliphatic rings. The summed E-state index contributed by atoms with van der Waals surface area (Å²) < 4.78 is 2.12. The molecule has 2 aromatic rings. The van der Waals surface area contributed by atoms with E-state index in [1.807, 2.05) is 12.4 Å². The molecule has 21 heavy (non-hydrogen) atoms. The van der Waals surface area contributed by atoms with Gasteiger partial charge in [-0.25, -0.2) is 4.98 Å². The van der Waals surface area contributed by atoms with Gasteiger partial charge >= 0.3 is 0 Å². The lowest BCUT2D eigenvalue weighted by atomic mass is 10.00. The molecular weight excluding hydrogens is 260 g/mol. The first kappa shape index (κ1) is 14.3. The molecule has 3 rings (SSSR count). The van der Waals surface area contributed by atoms with Gasteiger partial charge in [-0.15, -0.1) is 0 Å². The monoisotopic (exact) mass is 284 g/mol. The lowest BCUT2D eigenvalue weighted by Gasteiger charge is -2.40. The van der Waals surface area contributed by atoms with Crippen molar-refractivity contribution in [2.24, 2.45) is 7.05 Å². The predicted octanol–water partition coefficient (Wildman–Crippen LogP) is 2.35. The van der Waals surface area contributed by atoms with E-state index in [-0.39, 0.29) is 0 Å². The third-order valence-corrected chi connectivity index (χ3v) is 4.44. The number of aromatic nitrogens is 2. The van der Waals surface area contributed by atoms with E-state index in [1.54, 1.807) is 0 Å². The lowest BCUT2D eigenvalue weighted by molar-refractivity contribution is 0.116. The highest BCUT2D eigenvalue weighted by atomic mass is 15.3. The first-order valence-electron chi connectivity index (χ1n) is 7.76. The highest BCUT2D eigenvalue weighted by Gasteiger charge is 2.28. The molecule has 2 unspecified atom stereocenters. The topological polar surface area (TPSA) is 33.1 Å². The summed E-state index contributed by atoms with van der Waals surface area (Å²) in [6.45, 7) is 5.23. The Hall–Kier alpha value is -1.65. The smallest absolute Gasteiger partial charge is 0.122 e.